The summed E-state index contributed by atoms with van der Waals surface area (Å²) in [5.41, 5.74) is 5.28. The summed E-state index contributed by atoms with van der Waals surface area (Å²) in [6, 6.07) is 0. The van der Waals surface area contributed by atoms with Crippen LogP contribution in [0.5, 0.6) is 0 Å². The van der Waals surface area contributed by atoms with E-state index in [4.69, 9.17) is 15.2 Å². The molecule has 0 aromatic heterocycles. The summed E-state index contributed by atoms with van der Waals surface area (Å²) in [7, 11) is 1.34. The fraction of sp³-hybridized carbons (Fsp3) is 1.00. The van der Waals surface area contributed by atoms with Gasteiger partial charge in [0.05, 0.1) is 0 Å². The molecule has 5 N–H and O–H groups in total. The lowest BCUT2D eigenvalue weighted by Gasteiger charge is -2.39. The van der Waals surface area contributed by atoms with Crippen LogP contribution in [0, 0.1) is 0 Å². The van der Waals surface area contributed by atoms with Crippen LogP contribution in [-0.2, 0) is 9.47 Å². The Balaban J connectivity index is 2.66. The third kappa shape index (κ3) is 1.98. The topological polar surface area (TPSA) is 105 Å². The zero-order valence-electron chi connectivity index (χ0n) is 7.33. The molecule has 1 fully saturated rings. The summed E-state index contributed by atoms with van der Waals surface area (Å²) in [6.45, 7) is 0.0603. The SMILES string of the molecule is CO[C@@H]1O[C@H](CN)[C@H](O)[C@H](O)[C@H]1O. The fourth-order valence-corrected chi connectivity index (χ4v) is 1.31. The molecule has 1 rings (SSSR count). The lowest BCUT2D eigenvalue weighted by molar-refractivity contribution is -0.287. The van der Waals surface area contributed by atoms with Gasteiger partial charge in [0.2, 0.25) is 0 Å². The lowest BCUT2D eigenvalue weighted by atomic mass is 9.99. The van der Waals surface area contributed by atoms with Gasteiger partial charge in [-0.3, -0.25) is 0 Å². The number of aliphatic hydroxyl groups excluding tert-OH is 3. The number of nitrogens with two attached hydrogens (primary N) is 1. The van der Waals surface area contributed by atoms with Gasteiger partial charge in [0.15, 0.2) is 6.29 Å². The van der Waals surface area contributed by atoms with Gasteiger partial charge in [0.25, 0.3) is 0 Å². The summed E-state index contributed by atoms with van der Waals surface area (Å²) in [5.74, 6) is 0. The Morgan fingerprint density at radius 2 is 1.85 bits per heavy atom. The molecule has 1 aliphatic heterocycles. The Labute approximate surface area is 75.9 Å². The van der Waals surface area contributed by atoms with E-state index < -0.39 is 30.7 Å². The van der Waals surface area contributed by atoms with Crippen LogP contribution in [0.2, 0.25) is 0 Å². The number of aliphatic hydroxyl groups is 3. The fourth-order valence-electron chi connectivity index (χ4n) is 1.31. The molecule has 0 radical (unpaired) electrons. The maximum Gasteiger partial charge on any atom is 0.186 e. The molecule has 0 bridgehead atoms. The van der Waals surface area contributed by atoms with Crippen molar-refractivity contribution in [3.63, 3.8) is 0 Å². The molecular weight excluding hydrogens is 178 g/mol. The second-order valence-corrected chi connectivity index (χ2v) is 2.99. The van der Waals surface area contributed by atoms with Crippen molar-refractivity contribution in [1.29, 1.82) is 0 Å². The Bertz CT molecular complexity index is 147. The van der Waals surface area contributed by atoms with Crippen molar-refractivity contribution in [1.82, 2.24) is 0 Å². The predicted molar refractivity (Wildman–Crippen MR) is 42.7 cm³/mol. The first-order chi connectivity index (χ1) is 6.11. The summed E-state index contributed by atoms with van der Waals surface area (Å²) >= 11 is 0. The molecule has 0 aromatic rings. The first-order valence-corrected chi connectivity index (χ1v) is 4.04. The smallest absolute Gasteiger partial charge is 0.186 e. The van der Waals surface area contributed by atoms with Gasteiger partial charge in [-0.25, -0.2) is 0 Å². The van der Waals surface area contributed by atoms with Crippen molar-refractivity contribution in [2.45, 2.75) is 30.7 Å². The van der Waals surface area contributed by atoms with E-state index in [9.17, 15) is 15.3 Å². The summed E-state index contributed by atoms with van der Waals surface area (Å²) in [4.78, 5) is 0. The molecule has 1 heterocycles. The highest BCUT2D eigenvalue weighted by molar-refractivity contribution is 4.89. The minimum Gasteiger partial charge on any atom is -0.388 e. The number of rotatable bonds is 2. The molecular formula is C7H15NO5. The molecule has 0 amide bonds. The van der Waals surface area contributed by atoms with E-state index >= 15 is 0 Å². The third-order valence-electron chi connectivity index (χ3n) is 2.13. The number of hydrogen-bond donors (Lipinski definition) is 4. The Kier molecular flexibility index (Phi) is 3.60. The van der Waals surface area contributed by atoms with E-state index in [1.165, 1.54) is 7.11 Å². The van der Waals surface area contributed by atoms with Gasteiger partial charge in [-0.15, -0.1) is 0 Å². The zero-order chi connectivity index (χ0) is 10.0. The first kappa shape index (κ1) is 10.8. The Morgan fingerprint density at radius 1 is 1.23 bits per heavy atom. The van der Waals surface area contributed by atoms with Crippen LogP contribution in [0.4, 0.5) is 0 Å². The van der Waals surface area contributed by atoms with Crippen LogP contribution in [0.3, 0.4) is 0 Å². The van der Waals surface area contributed by atoms with E-state index in [0.717, 1.165) is 0 Å². The molecule has 13 heavy (non-hydrogen) atoms. The predicted octanol–water partition coefficient (Wildman–Crippen LogP) is -2.60. The van der Waals surface area contributed by atoms with Gasteiger partial charge < -0.3 is 30.5 Å². The van der Waals surface area contributed by atoms with E-state index in [1.54, 1.807) is 0 Å². The third-order valence-corrected chi connectivity index (χ3v) is 2.13. The van der Waals surface area contributed by atoms with Crippen molar-refractivity contribution in [3.05, 3.63) is 0 Å². The van der Waals surface area contributed by atoms with Gasteiger partial charge >= 0.3 is 0 Å². The lowest BCUT2D eigenvalue weighted by Crippen LogP contribution is -2.59. The summed E-state index contributed by atoms with van der Waals surface area (Å²) in [5, 5.41) is 28.0. The molecule has 0 aliphatic carbocycles. The number of methoxy groups -OCH3 is 1. The van der Waals surface area contributed by atoms with Crippen molar-refractivity contribution in [2.24, 2.45) is 5.73 Å². The zero-order valence-corrected chi connectivity index (χ0v) is 7.33. The minimum absolute atomic E-state index is 0.0603. The molecule has 0 saturated carbocycles. The summed E-state index contributed by atoms with van der Waals surface area (Å²) < 4.78 is 9.83. The maximum atomic E-state index is 9.35. The average molecular weight is 193 g/mol. The molecule has 78 valence electrons. The van der Waals surface area contributed by atoms with Crippen molar-refractivity contribution in [2.75, 3.05) is 13.7 Å². The maximum absolute atomic E-state index is 9.35. The van der Waals surface area contributed by atoms with Gasteiger partial charge in [-0.05, 0) is 0 Å². The molecule has 0 spiro atoms. The van der Waals surface area contributed by atoms with Crippen molar-refractivity contribution >= 4 is 0 Å². The van der Waals surface area contributed by atoms with Crippen LogP contribution < -0.4 is 5.73 Å². The standard InChI is InChI=1S/C7H15NO5/c1-12-7-6(11)5(10)4(9)3(2-8)13-7/h3-7,9-11H,2,8H2,1H3/t3-,4+,5+,6-,7-/m1/s1. The quantitative estimate of drug-likeness (QED) is 0.383. The van der Waals surface area contributed by atoms with Crippen molar-refractivity contribution < 1.29 is 24.8 Å². The molecule has 6 heteroatoms. The Hall–Kier alpha value is -0.240. The molecule has 0 unspecified atom stereocenters. The number of ether oxygens (including phenoxy) is 2. The average Bonchev–Trinajstić information content (AvgIpc) is 2.15. The van der Waals surface area contributed by atoms with Gasteiger partial charge in [-0.2, -0.15) is 0 Å². The first-order valence-electron chi connectivity index (χ1n) is 4.04. The van der Waals surface area contributed by atoms with Crippen molar-refractivity contribution in [3.8, 4) is 0 Å². The molecule has 1 aliphatic rings. The highest BCUT2D eigenvalue weighted by Crippen LogP contribution is 2.20. The van der Waals surface area contributed by atoms with Crippen LogP contribution in [-0.4, -0.2) is 59.7 Å². The highest BCUT2D eigenvalue weighted by atomic mass is 16.7. The van der Waals surface area contributed by atoms with Crippen LogP contribution in [0.25, 0.3) is 0 Å². The monoisotopic (exact) mass is 193 g/mol. The minimum atomic E-state index is -1.28. The van der Waals surface area contributed by atoms with Gasteiger partial charge in [-0.1, -0.05) is 0 Å². The van der Waals surface area contributed by atoms with Crippen LogP contribution in [0.15, 0.2) is 0 Å². The summed E-state index contributed by atoms with van der Waals surface area (Å²) in [6.07, 6.45) is -5.35. The molecule has 0 aromatic carbocycles. The van der Waals surface area contributed by atoms with E-state index in [2.05, 4.69) is 0 Å². The van der Waals surface area contributed by atoms with E-state index in [1.807, 2.05) is 0 Å². The van der Waals surface area contributed by atoms with Gasteiger partial charge in [0, 0.05) is 13.7 Å². The highest BCUT2D eigenvalue weighted by Gasteiger charge is 2.43. The van der Waals surface area contributed by atoms with E-state index in [0.29, 0.717) is 0 Å². The molecule has 5 atom stereocenters. The molecule has 1 saturated heterocycles. The Morgan fingerprint density at radius 3 is 2.31 bits per heavy atom. The second-order valence-electron chi connectivity index (χ2n) is 2.99. The largest absolute Gasteiger partial charge is 0.388 e. The number of hydrogen-bond acceptors (Lipinski definition) is 6. The normalized spacial score (nSPS) is 46.4. The second kappa shape index (κ2) is 4.32. The van der Waals surface area contributed by atoms with Gasteiger partial charge in [0.1, 0.15) is 24.4 Å². The van der Waals surface area contributed by atoms with Crippen LogP contribution in [0.1, 0.15) is 0 Å². The van der Waals surface area contributed by atoms with Crippen LogP contribution >= 0.6 is 0 Å². The molecule has 6 nitrogen and oxygen atoms in total. The van der Waals surface area contributed by atoms with E-state index in [-0.39, 0.29) is 6.54 Å².